The van der Waals surface area contributed by atoms with Crippen molar-refractivity contribution in [2.75, 3.05) is 5.32 Å². The van der Waals surface area contributed by atoms with Gasteiger partial charge in [0, 0.05) is 24.1 Å². The molecule has 2 bridgehead atoms. The van der Waals surface area contributed by atoms with Crippen LogP contribution in [0.4, 0.5) is 10.1 Å². The average molecular weight is 314 g/mol. The first kappa shape index (κ1) is 14.4. The average Bonchev–Trinajstić information content (AvgIpc) is 3.24. The molecule has 1 amide bonds. The van der Waals surface area contributed by atoms with Crippen LogP contribution in [0.1, 0.15) is 19.3 Å². The van der Waals surface area contributed by atoms with Gasteiger partial charge in [0.1, 0.15) is 5.69 Å². The molecule has 6 heteroatoms. The minimum absolute atomic E-state index is 0.0676. The second kappa shape index (κ2) is 5.45. The number of rotatable bonds is 3. The van der Waals surface area contributed by atoms with E-state index in [0.717, 1.165) is 19.3 Å². The Morgan fingerprint density at radius 1 is 1.35 bits per heavy atom. The number of halogens is 1. The molecule has 2 aliphatic carbocycles. The Hall–Kier alpha value is -2.21. The number of hydrogen-bond donors (Lipinski definition) is 2. The number of nitrogens with zero attached hydrogens (tertiary/aromatic N) is 2. The number of nitrogens with one attached hydrogen (secondary N) is 1. The highest BCUT2D eigenvalue weighted by molar-refractivity contribution is 5.93. The summed E-state index contributed by atoms with van der Waals surface area (Å²) in [5.41, 5.74) is 7.00. The van der Waals surface area contributed by atoms with Crippen molar-refractivity contribution in [2.45, 2.75) is 25.3 Å². The van der Waals surface area contributed by atoms with E-state index in [0.29, 0.717) is 23.2 Å². The summed E-state index contributed by atoms with van der Waals surface area (Å²) in [5, 5.41) is 6.83. The third-order valence-corrected chi connectivity index (χ3v) is 5.25. The summed E-state index contributed by atoms with van der Waals surface area (Å²) in [6.07, 6.45) is 6.51. The maximum atomic E-state index is 14.2. The predicted octanol–water partition coefficient (Wildman–Crippen LogP) is 2.32. The summed E-state index contributed by atoms with van der Waals surface area (Å²) < 4.78 is 15.7. The number of carbonyl (C=O) groups is 1. The normalized spacial score (nSPS) is 29.0. The third kappa shape index (κ3) is 2.43. The molecule has 0 radical (unpaired) electrons. The number of anilines is 1. The molecule has 1 heterocycles. The fourth-order valence-electron chi connectivity index (χ4n) is 4.13. The highest BCUT2D eigenvalue weighted by Gasteiger charge is 2.49. The lowest BCUT2D eigenvalue weighted by Crippen LogP contribution is -2.42. The van der Waals surface area contributed by atoms with Crippen molar-refractivity contribution < 1.29 is 9.18 Å². The minimum Gasteiger partial charge on any atom is -0.327 e. The van der Waals surface area contributed by atoms with Crippen LogP contribution >= 0.6 is 0 Å². The van der Waals surface area contributed by atoms with E-state index in [2.05, 4.69) is 10.4 Å². The standard InChI is InChI=1S/C17H19FN4O/c18-13-9-12(4-5-14(13)22-7-1-6-20-22)21-17(23)15-10-2-3-11(8-10)16(15)19/h1,4-7,9-11,15-16H,2-3,8,19H2,(H,21,23). The van der Waals surface area contributed by atoms with Gasteiger partial charge in [-0.2, -0.15) is 5.10 Å². The molecule has 5 nitrogen and oxygen atoms in total. The number of aromatic nitrogens is 2. The highest BCUT2D eigenvalue weighted by Crippen LogP contribution is 2.47. The fraction of sp³-hybridized carbons (Fsp3) is 0.412. The Morgan fingerprint density at radius 2 is 2.17 bits per heavy atom. The van der Waals surface area contributed by atoms with E-state index in [4.69, 9.17) is 5.73 Å². The Kier molecular flexibility index (Phi) is 3.41. The number of hydrogen-bond acceptors (Lipinski definition) is 3. The summed E-state index contributed by atoms with van der Waals surface area (Å²) in [5.74, 6) is 0.181. The van der Waals surface area contributed by atoms with Crippen LogP contribution in [-0.2, 0) is 4.79 Å². The Bertz CT molecular complexity index is 728. The first-order valence-corrected chi connectivity index (χ1v) is 7.99. The number of amides is 1. The molecule has 0 aliphatic heterocycles. The number of fused-ring (bicyclic) bond motifs is 2. The van der Waals surface area contributed by atoms with Crippen LogP contribution in [0.3, 0.4) is 0 Å². The zero-order chi connectivity index (χ0) is 16.0. The molecule has 0 saturated heterocycles. The van der Waals surface area contributed by atoms with Gasteiger partial charge in [-0.1, -0.05) is 0 Å². The maximum Gasteiger partial charge on any atom is 0.229 e. The molecule has 2 saturated carbocycles. The second-order valence-electron chi connectivity index (χ2n) is 6.54. The van der Waals surface area contributed by atoms with E-state index in [1.54, 1.807) is 30.6 Å². The zero-order valence-electron chi connectivity index (χ0n) is 12.7. The number of nitrogens with two attached hydrogens (primary N) is 1. The molecule has 120 valence electrons. The highest BCUT2D eigenvalue weighted by atomic mass is 19.1. The van der Waals surface area contributed by atoms with E-state index in [1.807, 2.05) is 0 Å². The molecule has 0 spiro atoms. The lowest BCUT2D eigenvalue weighted by atomic mass is 9.84. The topological polar surface area (TPSA) is 72.9 Å². The van der Waals surface area contributed by atoms with Gasteiger partial charge in [-0.25, -0.2) is 9.07 Å². The van der Waals surface area contributed by atoms with E-state index >= 15 is 0 Å². The summed E-state index contributed by atoms with van der Waals surface area (Å²) in [7, 11) is 0. The van der Waals surface area contributed by atoms with Crippen LogP contribution in [0.2, 0.25) is 0 Å². The molecule has 2 fully saturated rings. The molecule has 1 aromatic carbocycles. The van der Waals surface area contributed by atoms with Gasteiger partial charge in [-0.3, -0.25) is 4.79 Å². The monoisotopic (exact) mass is 314 g/mol. The van der Waals surface area contributed by atoms with Gasteiger partial charge in [-0.05, 0) is 55.4 Å². The van der Waals surface area contributed by atoms with Crippen LogP contribution in [0, 0.1) is 23.6 Å². The molecule has 4 atom stereocenters. The number of benzene rings is 1. The predicted molar refractivity (Wildman–Crippen MR) is 84.4 cm³/mol. The van der Waals surface area contributed by atoms with Crippen molar-refractivity contribution in [3.8, 4) is 5.69 Å². The van der Waals surface area contributed by atoms with E-state index < -0.39 is 5.82 Å². The maximum absolute atomic E-state index is 14.2. The lowest BCUT2D eigenvalue weighted by Gasteiger charge is -2.27. The van der Waals surface area contributed by atoms with Crippen molar-refractivity contribution in [3.05, 3.63) is 42.5 Å². The van der Waals surface area contributed by atoms with Gasteiger partial charge in [-0.15, -0.1) is 0 Å². The van der Waals surface area contributed by atoms with Crippen LogP contribution in [0.15, 0.2) is 36.7 Å². The molecule has 1 aromatic heterocycles. The van der Waals surface area contributed by atoms with Crippen molar-refractivity contribution in [3.63, 3.8) is 0 Å². The number of carbonyl (C=O) groups excluding carboxylic acids is 1. The molecule has 4 unspecified atom stereocenters. The summed E-state index contributed by atoms with van der Waals surface area (Å²) in [6, 6.07) is 6.29. The molecular weight excluding hydrogens is 295 g/mol. The van der Waals surface area contributed by atoms with Crippen molar-refractivity contribution in [2.24, 2.45) is 23.5 Å². The lowest BCUT2D eigenvalue weighted by molar-refractivity contribution is -0.121. The molecule has 3 N–H and O–H groups in total. The van der Waals surface area contributed by atoms with Gasteiger partial charge in [0.2, 0.25) is 5.91 Å². The van der Waals surface area contributed by atoms with Crippen LogP contribution in [0.25, 0.3) is 5.69 Å². The first-order valence-electron chi connectivity index (χ1n) is 7.99. The Morgan fingerprint density at radius 3 is 2.83 bits per heavy atom. The van der Waals surface area contributed by atoms with E-state index in [1.165, 1.54) is 10.7 Å². The van der Waals surface area contributed by atoms with Crippen LogP contribution < -0.4 is 11.1 Å². The molecule has 2 aromatic rings. The van der Waals surface area contributed by atoms with Gasteiger partial charge in [0.25, 0.3) is 0 Å². The van der Waals surface area contributed by atoms with Gasteiger partial charge in [0.15, 0.2) is 5.82 Å². The van der Waals surface area contributed by atoms with Crippen molar-refractivity contribution in [1.29, 1.82) is 0 Å². The van der Waals surface area contributed by atoms with Gasteiger partial charge >= 0.3 is 0 Å². The second-order valence-corrected chi connectivity index (χ2v) is 6.54. The van der Waals surface area contributed by atoms with Crippen LogP contribution in [-0.4, -0.2) is 21.7 Å². The fourth-order valence-corrected chi connectivity index (χ4v) is 4.13. The Labute approximate surface area is 133 Å². The molecule has 2 aliphatic rings. The quantitative estimate of drug-likeness (QED) is 0.913. The van der Waals surface area contributed by atoms with Crippen LogP contribution in [0.5, 0.6) is 0 Å². The van der Waals surface area contributed by atoms with Crippen molar-refractivity contribution in [1.82, 2.24) is 9.78 Å². The van der Waals surface area contributed by atoms with Gasteiger partial charge < -0.3 is 11.1 Å². The van der Waals surface area contributed by atoms with Gasteiger partial charge in [0.05, 0.1) is 5.92 Å². The first-order chi connectivity index (χ1) is 11.1. The summed E-state index contributed by atoms with van der Waals surface area (Å²) in [6.45, 7) is 0. The van der Waals surface area contributed by atoms with E-state index in [9.17, 15) is 9.18 Å². The SMILES string of the molecule is NC1C2CCC(C2)C1C(=O)Nc1ccc(-n2cccn2)c(F)c1. The molecular formula is C17H19FN4O. The molecule has 4 rings (SSSR count). The zero-order valence-corrected chi connectivity index (χ0v) is 12.7. The summed E-state index contributed by atoms with van der Waals surface area (Å²) in [4.78, 5) is 12.5. The molecule has 23 heavy (non-hydrogen) atoms. The third-order valence-electron chi connectivity index (χ3n) is 5.25. The largest absolute Gasteiger partial charge is 0.327 e. The minimum atomic E-state index is -0.427. The van der Waals surface area contributed by atoms with E-state index in [-0.39, 0.29) is 17.9 Å². The summed E-state index contributed by atoms with van der Waals surface area (Å²) >= 11 is 0. The Balaban J connectivity index is 1.51. The van der Waals surface area contributed by atoms with Crippen molar-refractivity contribution >= 4 is 11.6 Å². The smallest absolute Gasteiger partial charge is 0.229 e.